The van der Waals surface area contributed by atoms with E-state index >= 15 is 0 Å². The summed E-state index contributed by atoms with van der Waals surface area (Å²) < 4.78 is 37.3. The second kappa shape index (κ2) is 7.67. The molecule has 146 valence electrons. The van der Waals surface area contributed by atoms with Crippen LogP contribution in [0.1, 0.15) is 37.1 Å². The molecule has 0 bridgehead atoms. The van der Waals surface area contributed by atoms with Crippen LogP contribution in [0.3, 0.4) is 0 Å². The van der Waals surface area contributed by atoms with E-state index in [1.807, 2.05) is 6.92 Å². The first-order valence-electron chi connectivity index (χ1n) is 8.49. The Hall–Kier alpha value is -1.81. The Morgan fingerprint density at radius 3 is 2.70 bits per heavy atom. The summed E-state index contributed by atoms with van der Waals surface area (Å²) >= 11 is 1.14. The molecular weight excluding hydrogens is 388 g/mol. The van der Waals surface area contributed by atoms with Gasteiger partial charge in [-0.1, -0.05) is 17.3 Å². The third-order valence-electron chi connectivity index (χ3n) is 4.81. The predicted molar refractivity (Wildman–Crippen MR) is 101 cm³/mol. The van der Waals surface area contributed by atoms with E-state index in [2.05, 4.69) is 10.1 Å². The monoisotopic (exact) mass is 410 g/mol. The molecule has 0 spiro atoms. The van der Waals surface area contributed by atoms with E-state index in [-0.39, 0.29) is 15.3 Å². The second-order valence-corrected chi connectivity index (χ2v) is 9.69. The fourth-order valence-electron chi connectivity index (χ4n) is 3.19. The molecule has 1 saturated heterocycles. The molecule has 9 heteroatoms. The number of ether oxygens (including phenoxy) is 2. The number of oxime groups is 1. The maximum Gasteiger partial charge on any atom is 0.233 e. The third kappa shape index (κ3) is 3.77. The van der Waals surface area contributed by atoms with Crippen LogP contribution in [0.4, 0.5) is 0 Å². The standard InChI is InChI=1S/C18H22N2O5S2/c1-12-10-18(24-3,8-9-25-12)16-11-19-17(26-16)27(22,23)15-6-4-14(5-7-15)13(2)20-21/h4-7,11-12,21H,8-10H2,1-3H3/b20-13+/t12-,18+/m0/s1. The van der Waals surface area contributed by atoms with E-state index in [1.165, 1.54) is 12.1 Å². The Kier molecular flexibility index (Phi) is 5.66. The van der Waals surface area contributed by atoms with E-state index in [0.717, 1.165) is 16.2 Å². The van der Waals surface area contributed by atoms with Crippen LogP contribution in [0.2, 0.25) is 0 Å². The minimum Gasteiger partial charge on any atom is -0.411 e. The molecule has 0 amide bonds. The Balaban J connectivity index is 1.93. The quantitative estimate of drug-likeness (QED) is 0.462. The van der Waals surface area contributed by atoms with Crippen molar-refractivity contribution in [1.29, 1.82) is 0 Å². The van der Waals surface area contributed by atoms with E-state index < -0.39 is 15.4 Å². The lowest BCUT2D eigenvalue weighted by Crippen LogP contribution is -2.38. The molecule has 1 aromatic carbocycles. The lowest BCUT2D eigenvalue weighted by Gasteiger charge is -2.37. The zero-order chi connectivity index (χ0) is 19.7. The van der Waals surface area contributed by atoms with Crippen molar-refractivity contribution in [3.05, 3.63) is 40.9 Å². The van der Waals surface area contributed by atoms with Crippen LogP contribution in [-0.4, -0.2) is 44.1 Å². The average Bonchev–Trinajstić information content (AvgIpc) is 3.19. The molecule has 1 N–H and O–H groups in total. The molecule has 0 radical (unpaired) electrons. The van der Waals surface area contributed by atoms with Crippen molar-refractivity contribution in [1.82, 2.24) is 4.98 Å². The summed E-state index contributed by atoms with van der Waals surface area (Å²) in [6.45, 7) is 4.17. The lowest BCUT2D eigenvalue weighted by atomic mass is 9.89. The molecule has 3 rings (SSSR count). The zero-order valence-electron chi connectivity index (χ0n) is 15.4. The van der Waals surface area contributed by atoms with Gasteiger partial charge >= 0.3 is 0 Å². The van der Waals surface area contributed by atoms with Gasteiger partial charge in [-0.3, -0.25) is 0 Å². The third-order valence-corrected chi connectivity index (χ3v) is 8.16. The Labute approximate surface area is 162 Å². The molecule has 7 nitrogen and oxygen atoms in total. The minimum absolute atomic E-state index is 0.0323. The molecule has 1 aliphatic heterocycles. The van der Waals surface area contributed by atoms with Crippen LogP contribution in [0.5, 0.6) is 0 Å². The van der Waals surface area contributed by atoms with Gasteiger partial charge in [0.05, 0.1) is 28.2 Å². The largest absolute Gasteiger partial charge is 0.411 e. The van der Waals surface area contributed by atoms with E-state index in [9.17, 15) is 8.42 Å². The Morgan fingerprint density at radius 1 is 1.41 bits per heavy atom. The van der Waals surface area contributed by atoms with Crippen molar-refractivity contribution < 1.29 is 23.1 Å². The topological polar surface area (TPSA) is 98.1 Å². The molecule has 1 fully saturated rings. The Bertz CT molecular complexity index is 937. The highest BCUT2D eigenvalue weighted by Crippen LogP contribution is 2.41. The molecule has 2 atom stereocenters. The molecular formula is C18H22N2O5S2. The number of sulfone groups is 1. The molecule has 0 unspecified atom stereocenters. The van der Waals surface area contributed by atoms with Gasteiger partial charge < -0.3 is 14.7 Å². The fraction of sp³-hybridized carbons (Fsp3) is 0.444. The summed E-state index contributed by atoms with van der Waals surface area (Å²) in [5.74, 6) is 0. The van der Waals surface area contributed by atoms with Crippen molar-refractivity contribution in [2.75, 3.05) is 13.7 Å². The first kappa shape index (κ1) is 19.9. The van der Waals surface area contributed by atoms with E-state index in [0.29, 0.717) is 30.7 Å². The number of hydrogen-bond donors (Lipinski definition) is 1. The normalized spacial score (nSPS) is 24.1. The van der Waals surface area contributed by atoms with Gasteiger partial charge in [-0.25, -0.2) is 13.4 Å². The SMILES string of the molecule is CO[C@]1(c2cnc(S(=O)(=O)c3ccc(/C(C)=N/O)cc3)s2)CCO[C@@H](C)C1. The molecule has 0 saturated carbocycles. The van der Waals surface area contributed by atoms with Crippen molar-refractivity contribution in [3.63, 3.8) is 0 Å². The molecule has 0 aliphatic carbocycles. The van der Waals surface area contributed by atoms with Gasteiger partial charge in [0.1, 0.15) is 5.60 Å². The zero-order valence-corrected chi connectivity index (χ0v) is 17.0. The van der Waals surface area contributed by atoms with Crippen LogP contribution >= 0.6 is 11.3 Å². The summed E-state index contributed by atoms with van der Waals surface area (Å²) in [4.78, 5) is 5.11. The molecule has 27 heavy (non-hydrogen) atoms. The highest BCUT2D eigenvalue weighted by Gasteiger charge is 2.40. The number of aromatic nitrogens is 1. The number of thiazole rings is 1. The van der Waals surface area contributed by atoms with Crippen molar-refractivity contribution >= 4 is 26.9 Å². The van der Waals surface area contributed by atoms with Crippen LogP contribution < -0.4 is 0 Å². The number of hydrogen-bond acceptors (Lipinski definition) is 8. The fourth-order valence-corrected chi connectivity index (χ4v) is 5.92. The maximum absolute atomic E-state index is 12.9. The van der Waals surface area contributed by atoms with Gasteiger partial charge in [0.15, 0.2) is 0 Å². The number of benzene rings is 1. The summed E-state index contributed by atoms with van der Waals surface area (Å²) in [5.41, 5.74) is 0.485. The predicted octanol–water partition coefficient (Wildman–Crippen LogP) is 3.21. The first-order chi connectivity index (χ1) is 12.8. The van der Waals surface area contributed by atoms with Gasteiger partial charge in [0, 0.05) is 26.1 Å². The molecule has 1 aliphatic rings. The highest BCUT2D eigenvalue weighted by atomic mass is 32.2. The van der Waals surface area contributed by atoms with Crippen molar-refractivity contribution in [2.24, 2.45) is 5.16 Å². The highest BCUT2D eigenvalue weighted by molar-refractivity contribution is 7.93. The van der Waals surface area contributed by atoms with E-state index in [1.54, 1.807) is 32.4 Å². The summed E-state index contributed by atoms with van der Waals surface area (Å²) in [7, 11) is -2.10. The van der Waals surface area contributed by atoms with Crippen LogP contribution in [0.15, 0.2) is 44.9 Å². The van der Waals surface area contributed by atoms with Gasteiger partial charge in [0.25, 0.3) is 0 Å². The minimum atomic E-state index is -3.74. The summed E-state index contributed by atoms with van der Waals surface area (Å²) in [5, 5.41) is 11.9. The summed E-state index contributed by atoms with van der Waals surface area (Å²) in [6, 6.07) is 6.19. The van der Waals surface area contributed by atoms with Gasteiger partial charge in [0.2, 0.25) is 14.2 Å². The number of methoxy groups -OCH3 is 1. The smallest absolute Gasteiger partial charge is 0.233 e. The number of rotatable bonds is 5. The second-order valence-electron chi connectivity index (χ2n) is 6.54. The van der Waals surface area contributed by atoms with Crippen LogP contribution in [0, 0.1) is 0 Å². The van der Waals surface area contributed by atoms with E-state index in [4.69, 9.17) is 14.7 Å². The van der Waals surface area contributed by atoms with Gasteiger partial charge in [-0.2, -0.15) is 0 Å². The average molecular weight is 411 g/mol. The van der Waals surface area contributed by atoms with Gasteiger partial charge in [-0.15, -0.1) is 11.3 Å². The number of nitrogens with zero attached hydrogens (tertiary/aromatic N) is 2. The first-order valence-corrected chi connectivity index (χ1v) is 10.8. The molecule has 2 heterocycles. The molecule has 1 aromatic heterocycles. The van der Waals surface area contributed by atoms with Crippen LogP contribution in [0.25, 0.3) is 0 Å². The maximum atomic E-state index is 12.9. The van der Waals surface area contributed by atoms with Gasteiger partial charge in [-0.05, 0) is 31.5 Å². The summed E-state index contributed by atoms with van der Waals surface area (Å²) in [6.07, 6.45) is 2.93. The van der Waals surface area contributed by atoms with Crippen molar-refractivity contribution in [2.45, 2.75) is 47.6 Å². The van der Waals surface area contributed by atoms with Crippen molar-refractivity contribution in [3.8, 4) is 0 Å². The molecule has 2 aromatic rings. The van der Waals surface area contributed by atoms with Crippen LogP contribution in [-0.2, 0) is 24.9 Å². The Morgan fingerprint density at radius 2 is 2.11 bits per heavy atom. The lowest BCUT2D eigenvalue weighted by molar-refractivity contribution is -0.120.